The lowest BCUT2D eigenvalue weighted by atomic mass is 9.83. The molecule has 1 fully saturated rings. The van der Waals surface area contributed by atoms with Crippen LogP contribution in [0.4, 0.5) is 0 Å². The molecule has 1 saturated carbocycles. The number of hydrogen-bond donors (Lipinski definition) is 0. The first-order chi connectivity index (χ1) is 7.88. The first kappa shape index (κ1) is 12.5. The maximum absolute atomic E-state index is 5.95. The van der Waals surface area contributed by atoms with Crippen molar-refractivity contribution in [3.63, 3.8) is 0 Å². The van der Waals surface area contributed by atoms with Crippen molar-refractivity contribution >= 4 is 0 Å². The molecule has 0 spiro atoms. The van der Waals surface area contributed by atoms with Crippen LogP contribution in [-0.4, -0.2) is 6.61 Å². The molecule has 0 aromatic heterocycles. The minimum absolute atomic E-state index is 0.190. The van der Waals surface area contributed by atoms with Gasteiger partial charge in [0, 0.05) is 0 Å². The van der Waals surface area contributed by atoms with Gasteiger partial charge in [0.2, 0.25) is 0 Å². The van der Waals surface area contributed by atoms with E-state index >= 15 is 0 Å². The predicted molar refractivity (Wildman–Crippen MR) is 72.8 cm³/mol. The third kappa shape index (κ3) is 3.02. The van der Waals surface area contributed by atoms with Crippen LogP contribution in [0, 0.1) is 19.8 Å². The zero-order chi connectivity index (χ0) is 12.6. The Hall–Kier alpha value is -0.980. The number of benzene rings is 1. The summed E-state index contributed by atoms with van der Waals surface area (Å²) in [6.07, 6.45) is 2.69. The highest BCUT2D eigenvalue weighted by atomic mass is 16.5. The topological polar surface area (TPSA) is 9.23 Å². The van der Waals surface area contributed by atoms with Crippen LogP contribution in [0.2, 0.25) is 0 Å². The van der Waals surface area contributed by atoms with Gasteiger partial charge in [0.1, 0.15) is 5.75 Å². The molecule has 1 aromatic rings. The first-order valence-corrected chi connectivity index (χ1v) is 6.62. The van der Waals surface area contributed by atoms with Gasteiger partial charge < -0.3 is 4.74 Å². The largest absolute Gasteiger partial charge is 0.493 e. The monoisotopic (exact) mass is 232 g/mol. The Balaban J connectivity index is 2.24. The zero-order valence-corrected chi connectivity index (χ0v) is 11.8. The number of aryl methyl sites for hydroxylation is 2. The summed E-state index contributed by atoms with van der Waals surface area (Å²) >= 11 is 0. The number of hydrogen-bond acceptors (Lipinski definition) is 1. The SMILES string of the molecule is Cc1cc(C)c(C(C)(C)C)cc1OCC1CC1. The summed E-state index contributed by atoms with van der Waals surface area (Å²) in [6, 6.07) is 4.50. The molecular weight excluding hydrogens is 208 g/mol. The van der Waals surface area contributed by atoms with Crippen molar-refractivity contribution in [2.24, 2.45) is 5.92 Å². The van der Waals surface area contributed by atoms with Gasteiger partial charge in [-0.2, -0.15) is 0 Å². The standard InChI is InChI=1S/C16H24O/c1-11-8-12(2)15(17-10-13-6-7-13)9-14(11)16(3,4)5/h8-9,13H,6-7,10H2,1-5H3. The fourth-order valence-electron chi connectivity index (χ4n) is 2.29. The van der Waals surface area contributed by atoms with Crippen LogP contribution in [0.15, 0.2) is 12.1 Å². The van der Waals surface area contributed by atoms with Crippen LogP contribution in [0.25, 0.3) is 0 Å². The molecule has 1 aromatic carbocycles. The van der Waals surface area contributed by atoms with Gasteiger partial charge in [0.05, 0.1) is 6.61 Å². The van der Waals surface area contributed by atoms with Gasteiger partial charge in [-0.1, -0.05) is 26.8 Å². The summed E-state index contributed by atoms with van der Waals surface area (Å²) in [7, 11) is 0. The second-order valence-corrected chi connectivity index (χ2v) is 6.44. The highest BCUT2D eigenvalue weighted by Gasteiger charge is 2.23. The minimum atomic E-state index is 0.190. The number of ether oxygens (including phenoxy) is 1. The molecule has 0 N–H and O–H groups in total. The number of rotatable bonds is 3. The Bertz CT molecular complexity index is 408. The van der Waals surface area contributed by atoms with E-state index < -0.39 is 0 Å². The van der Waals surface area contributed by atoms with E-state index in [1.165, 1.54) is 29.5 Å². The van der Waals surface area contributed by atoms with Crippen molar-refractivity contribution in [2.45, 2.75) is 52.9 Å². The summed E-state index contributed by atoms with van der Waals surface area (Å²) in [5.41, 5.74) is 4.22. The molecule has 0 aliphatic heterocycles. The van der Waals surface area contributed by atoms with E-state index in [0.29, 0.717) is 0 Å². The molecule has 2 rings (SSSR count). The minimum Gasteiger partial charge on any atom is -0.493 e. The van der Waals surface area contributed by atoms with Gasteiger partial charge in [0.15, 0.2) is 0 Å². The van der Waals surface area contributed by atoms with Crippen LogP contribution in [0.3, 0.4) is 0 Å². The van der Waals surface area contributed by atoms with Gasteiger partial charge in [-0.15, -0.1) is 0 Å². The molecule has 0 radical (unpaired) electrons. The van der Waals surface area contributed by atoms with Crippen molar-refractivity contribution in [1.82, 2.24) is 0 Å². The van der Waals surface area contributed by atoms with E-state index in [-0.39, 0.29) is 5.41 Å². The van der Waals surface area contributed by atoms with E-state index in [4.69, 9.17) is 4.74 Å². The summed E-state index contributed by atoms with van der Waals surface area (Å²) < 4.78 is 5.95. The van der Waals surface area contributed by atoms with E-state index in [1.54, 1.807) is 0 Å². The molecule has 0 saturated heterocycles. The molecule has 94 valence electrons. The molecule has 0 amide bonds. The normalized spacial score (nSPS) is 16.1. The molecular formula is C16H24O. The van der Waals surface area contributed by atoms with Gasteiger partial charge in [0.25, 0.3) is 0 Å². The molecule has 0 heterocycles. The molecule has 0 unspecified atom stereocenters. The maximum atomic E-state index is 5.95. The van der Waals surface area contributed by atoms with E-state index in [1.807, 2.05) is 0 Å². The molecule has 1 aliphatic rings. The van der Waals surface area contributed by atoms with E-state index in [0.717, 1.165) is 18.3 Å². The van der Waals surface area contributed by atoms with Crippen LogP contribution >= 0.6 is 0 Å². The van der Waals surface area contributed by atoms with Crippen molar-refractivity contribution < 1.29 is 4.74 Å². The second kappa shape index (κ2) is 4.36. The Morgan fingerprint density at radius 2 is 1.76 bits per heavy atom. The molecule has 1 heteroatoms. The van der Waals surface area contributed by atoms with Gasteiger partial charge in [-0.3, -0.25) is 0 Å². The average molecular weight is 232 g/mol. The fraction of sp³-hybridized carbons (Fsp3) is 0.625. The van der Waals surface area contributed by atoms with E-state index in [2.05, 4.69) is 46.8 Å². The molecule has 1 aliphatic carbocycles. The smallest absolute Gasteiger partial charge is 0.122 e. The quantitative estimate of drug-likeness (QED) is 0.751. The van der Waals surface area contributed by atoms with Gasteiger partial charge >= 0.3 is 0 Å². The van der Waals surface area contributed by atoms with E-state index in [9.17, 15) is 0 Å². The maximum Gasteiger partial charge on any atom is 0.122 e. The van der Waals surface area contributed by atoms with Crippen LogP contribution in [-0.2, 0) is 5.41 Å². The summed E-state index contributed by atoms with van der Waals surface area (Å²) in [5, 5.41) is 0. The lowest BCUT2D eigenvalue weighted by molar-refractivity contribution is 0.297. The summed E-state index contributed by atoms with van der Waals surface area (Å²) in [5.74, 6) is 1.89. The van der Waals surface area contributed by atoms with Crippen molar-refractivity contribution in [3.05, 3.63) is 28.8 Å². The molecule has 1 nitrogen and oxygen atoms in total. The van der Waals surface area contributed by atoms with Gasteiger partial charge in [-0.25, -0.2) is 0 Å². The summed E-state index contributed by atoms with van der Waals surface area (Å²) in [4.78, 5) is 0. The molecule has 0 bridgehead atoms. The van der Waals surface area contributed by atoms with Gasteiger partial charge in [-0.05, 0) is 60.8 Å². The molecule has 17 heavy (non-hydrogen) atoms. The molecule has 0 atom stereocenters. The van der Waals surface area contributed by atoms with Crippen LogP contribution in [0.5, 0.6) is 5.75 Å². The van der Waals surface area contributed by atoms with Crippen molar-refractivity contribution in [1.29, 1.82) is 0 Å². The van der Waals surface area contributed by atoms with Crippen molar-refractivity contribution in [2.75, 3.05) is 6.61 Å². The Morgan fingerprint density at radius 3 is 2.29 bits per heavy atom. The Kier molecular flexibility index (Phi) is 3.20. The van der Waals surface area contributed by atoms with Crippen LogP contribution in [0.1, 0.15) is 50.3 Å². The average Bonchev–Trinajstić information content (AvgIpc) is 2.98. The predicted octanol–water partition coefficient (Wildman–Crippen LogP) is 4.39. The van der Waals surface area contributed by atoms with Crippen molar-refractivity contribution in [3.8, 4) is 5.75 Å². The zero-order valence-electron chi connectivity index (χ0n) is 11.8. The highest BCUT2D eigenvalue weighted by molar-refractivity contribution is 5.44. The lowest BCUT2D eigenvalue weighted by Crippen LogP contribution is -2.14. The fourth-order valence-corrected chi connectivity index (χ4v) is 2.29. The third-order valence-corrected chi connectivity index (χ3v) is 3.50. The second-order valence-electron chi connectivity index (χ2n) is 6.44. The van der Waals surface area contributed by atoms with Crippen LogP contribution < -0.4 is 4.74 Å². The Labute approximate surface area is 105 Å². The summed E-state index contributed by atoms with van der Waals surface area (Å²) in [6.45, 7) is 12.0. The highest BCUT2D eigenvalue weighted by Crippen LogP contribution is 2.34. The third-order valence-electron chi connectivity index (χ3n) is 3.50. The Morgan fingerprint density at radius 1 is 1.12 bits per heavy atom. The lowest BCUT2D eigenvalue weighted by Gasteiger charge is -2.23. The first-order valence-electron chi connectivity index (χ1n) is 6.62.